The summed E-state index contributed by atoms with van der Waals surface area (Å²) < 4.78 is 43.2. The van der Waals surface area contributed by atoms with Gasteiger partial charge in [0.05, 0.1) is 0 Å². The third-order valence-corrected chi connectivity index (χ3v) is 6.31. The van der Waals surface area contributed by atoms with Crippen LogP contribution in [0.3, 0.4) is 0 Å². The fourth-order valence-electron chi connectivity index (χ4n) is 4.62. The highest BCUT2D eigenvalue weighted by atomic mass is 19.2. The molecule has 0 saturated heterocycles. The van der Waals surface area contributed by atoms with Gasteiger partial charge in [-0.2, -0.15) is 0 Å². The van der Waals surface area contributed by atoms with E-state index in [0.717, 1.165) is 30.2 Å². The van der Waals surface area contributed by atoms with Gasteiger partial charge in [0.1, 0.15) is 5.82 Å². The lowest BCUT2D eigenvalue weighted by Crippen LogP contribution is -2.16. The predicted octanol–water partition coefficient (Wildman–Crippen LogP) is 7.65. The molecule has 0 heterocycles. The van der Waals surface area contributed by atoms with Crippen LogP contribution < -0.4 is 0 Å². The number of aryl methyl sites for hydroxylation is 2. The minimum Gasteiger partial charge on any atom is -0.206 e. The van der Waals surface area contributed by atoms with Gasteiger partial charge in [-0.05, 0) is 71.7 Å². The molecule has 0 aliphatic heterocycles. The Balaban J connectivity index is 1.58. The van der Waals surface area contributed by atoms with Crippen LogP contribution >= 0.6 is 0 Å². The SMILES string of the molecule is CCCCCCc1ccc2c(F)c(C3CCc4ccc(F)c(F)c4C3)ccc2c1. The highest BCUT2D eigenvalue weighted by Gasteiger charge is 2.26. The summed E-state index contributed by atoms with van der Waals surface area (Å²) in [5, 5.41) is 1.53. The first-order valence-electron chi connectivity index (χ1n) is 10.7. The average Bonchev–Trinajstić information content (AvgIpc) is 2.74. The molecule has 0 aromatic heterocycles. The zero-order valence-corrected chi connectivity index (χ0v) is 16.9. The van der Waals surface area contributed by atoms with Crippen LogP contribution in [0.5, 0.6) is 0 Å². The van der Waals surface area contributed by atoms with E-state index in [1.54, 1.807) is 6.07 Å². The summed E-state index contributed by atoms with van der Waals surface area (Å²) in [5.74, 6) is -1.95. The van der Waals surface area contributed by atoms with Crippen molar-refractivity contribution in [1.82, 2.24) is 0 Å². The molecule has 0 amide bonds. The fraction of sp³-hybridized carbons (Fsp3) is 0.385. The van der Waals surface area contributed by atoms with Gasteiger partial charge in [-0.25, -0.2) is 13.2 Å². The summed E-state index contributed by atoms with van der Waals surface area (Å²) in [6, 6.07) is 12.6. The van der Waals surface area contributed by atoms with Gasteiger partial charge >= 0.3 is 0 Å². The molecule has 0 saturated carbocycles. The van der Waals surface area contributed by atoms with Crippen LogP contribution in [0, 0.1) is 17.5 Å². The topological polar surface area (TPSA) is 0 Å². The van der Waals surface area contributed by atoms with E-state index in [1.807, 2.05) is 24.3 Å². The first kappa shape index (κ1) is 20.0. The minimum absolute atomic E-state index is 0.128. The second kappa shape index (κ2) is 8.61. The van der Waals surface area contributed by atoms with Crippen molar-refractivity contribution < 1.29 is 13.2 Å². The van der Waals surface area contributed by atoms with Crippen molar-refractivity contribution in [3.63, 3.8) is 0 Å². The molecule has 3 aromatic carbocycles. The molecule has 0 N–H and O–H groups in total. The monoisotopic (exact) mass is 396 g/mol. The second-order valence-electron chi connectivity index (χ2n) is 8.27. The summed E-state index contributed by atoms with van der Waals surface area (Å²) in [7, 11) is 0. The highest BCUT2D eigenvalue weighted by molar-refractivity contribution is 5.84. The highest BCUT2D eigenvalue weighted by Crippen LogP contribution is 2.37. The van der Waals surface area contributed by atoms with Gasteiger partial charge in [0.2, 0.25) is 0 Å². The molecular weight excluding hydrogens is 369 g/mol. The van der Waals surface area contributed by atoms with Crippen molar-refractivity contribution in [3.05, 3.63) is 82.2 Å². The van der Waals surface area contributed by atoms with Crippen LogP contribution in [0.2, 0.25) is 0 Å². The zero-order valence-electron chi connectivity index (χ0n) is 16.9. The van der Waals surface area contributed by atoms with Crippen molar-refractivity contribution in [1.29, 1.82) is 0 Å². The third kappa shape index (κ3) is 4.05. The summed E-state index contributed by atoms with van der Waals surface area (Å²) in [6.07, 6.45) is 7.60. The maximum atomic E-state index is 15.3. The Morgan fingerprint density at radius 1 is 0.897 bits per heavy atom. The molecule has 0 spiro atoms. The number of benzene rings is 3. The van der Waals surface area contributed by atoms with E-state index in [4.69, 9.17) is 0 Å². The van der Waals surface area contributed by atoms with E-state index in [2.05, 4.69) is 13.0 Å². The Kier molecular flexibility index (Phi) is 5.94. The molecule has 152 valence electrons. The number of fused-ring (bicyclic) bond motifs is 2. The normalized spacial score (nSPS) is 16.2. The molecule has 1 atom stereocenters. The van der Waals surface area contributed by atoms with E-state index in [1.165, 1.54) is 30.9 Å². The number of halogens is 3. The van der Waals surface area contributed by atoms with Gasteiger partial charge in [-0.15, -0.1) is 0 Å². The van der Waals surface area contributed by atoms with Crippen LogP contribution in [0.25, 0.3) is 10.8 Å². The Bertz CT molecular complexity index is 1020. The number of hydrogen-bond acceptors (Lipinski definition) is 0. The third-order valence-electron chi connectivity index (χ3n) is 6.31. The lowest BCUT2D eigenvalue weighted by molar-refractivity contribution is 0.471. The quantitative estimate of drug-likeness (QED) is 0.375. The molecule has 3 heteroatoms. The molecule has 0 radical (unpaired) electrons. The number of unbranched alkanes of at least 4 members (excludes halogenated alkanes) is 3. The van der Waals surface area contributed by atoms with Crippen LogP contribution in [0.1, 0.15) is 67.2 Å². The largest absolute Gasteiger partial charge is 0.206 e. The van der Waals surface area contributed by atoms with Gasteiger partial charge in [-0.1, -0.05) is 62.6 Å². The lowest BCUT2D eigenvalue weighted by atomic mass is 9.79. The first-order valence-corrected chi connectivity index (χ1v) is 10.7. The molecule has 1 aliphatic carbocycles. The summed E-state index contributed by atoms with van der Waals surface area (Å²) in [6.45, 7) is 2.20. The van der Waals surface area contributed by atoms with Crippen LogP contribution in [0.4, 0.5) is 13.2 Å². The summed E-state index contributed by atoms with van der Waals surface area (Å²) in [5.41, 5.74) is 3.10. The van der Waals surface area contributed by atoms with Crippen molar-refractivity contribution >= 4 is 10.8 Å². The van der Waals surface area contributed by atoms with E-state index >= 15 is 4.39 Å². The first-order chi connectivity index (χ1) is 14.1. The summed E-state index contributed by atoms with van der Waals surface area (Å²) >= 11 is 0. The van der Waals surface area contributed by atoms with E-state index in [0.29, 0.717) is 29.4 Å². The Morgan fingerprint density at radius 2 is 1.76 bits per heavy atom. The van der Waals surface area contributed by atoms with E-state index in [-0.39, 0.29) is 11.7 Å². The van der Waals surface area contributed by atoms with Gasteiger partial charge in [-0.3, -0.25) is 0 Å². The molecular formula is C26H27F3. The smallest absolute Gasteiger partial charge is 0.162 e. The number of hydrogen-bond donors (Lipinski definition) is 0. The average molecular weight is 396 g/mol. The predicted molar refractivity (Wildman–Crippen MR) is 113 cm³/mol. The minimum atomic E-state index is -0.824. The number of rotatable bonds is 6. The second-order valence-corrected chi connectivity index (χ2v) is 8.27. The molecule has 1 unspecified atom stereocenters. The molecule has 29 heavy (non-hydrogen) atoms. The van der Waals surface area contributed by atoms with Gasteiger partial charge in [0, 0.05) is 5.39 Å². The Hall–Kier alpha value is -2.29. The van der Waals surface area contributed by atoms with Crippen LogP contribution in [-0.4, -0.2) is 0 Å². The summed E-state index contributed by atoms with van der Waals surface area (Å²) in [4.78, 5) is 0. The van der Waals surface area contributed by atoms with Crippen molar-refractivity contribution in [2.45, 2.75) is 64.2 Å². The molecule has 4 rings (SSSR count). The molecule has 0 nitrogen and oxygen atoms in total. The van der Waals surface area contributed by atoms with Crippen molar-refractivity contribution in [3.8, 4) is 0 Å². The molecule has 0 fully saturated rings. The van der Waals surface area contributed by atoms with Crippen LogP contribution in [0.15, 0.2) is 42.5 Å². The van der Waals surface area contributed by atoms with Crippen molar-refractivity contribution in [2.75, 3.05) is 0 Å². The standard InChI is InChI=1S/C26H27F3/c1-2-3-4-5-6-17-7-12-21-19(15-17)10-13-22(25(21)28)20-9-8-18-11-14-24(27)26(29)23(18)16-20/h7,10-15,20H,2-6,8-9,16H2,1H3. The van der Waals surface area contributed by atoms with Gasteiger partial charge < -0.3 is 0 Å². The van der Waals surface area contributed by atoms with E-state index in [9.17, 15) is 8.78 Å². The lowest BCUT2D eigenvalue weighted by Gasteiger charge is -2.26. The van der Waals surface area contributed by atoms with Gasteiger partial charge in [0.25, 0.3) is 0 Å². The Labute approximate surface area is 170 Å². The zero-order chi connectivity index (χ0) is 20.4. The fourth-order valence-corrected chi connectivity index (χ4v) is 4.62. The molecule has 3 aromatic rings. The maximum Gasteiger partial charge on any atom is 0.162 e. The Morgan fingerprint density at radius 3 is 2.59 bits per heavy atom. The molecule has 0 bridgehead atoms. The maximum absolute atomic E-state index is 15.3. The molecule has 1 aliphatic rings. The van der Waals surface area contributed by atoms with Crippen molar-refractivity contribution in [2.24, 2.45) is 0 Å². The van der Waals surface area contributed by atoms with E-state index < -0.39 is 11.6 Å². The van der Waals surface area contributed by atoms with Crippen LogP contribution in [-0.2, 0) is 19.3 Å². The van der Waals surface area contributed by atoms with Gasteiger partial charge in [0.15, 0.2) is 11.6 Å².